The van der Waals surface area contributed by atoms with E-state index in [1.54, 1.807) is 6.07 Å². The zero-order chi connectivity index (χ0) is 8.97. The van der Waals surface area contributed by atoms with Gasteiger partial charge in [0, 0.05) is 23.9 Å². The summed E-state index contributed by atoms with van der Waals surface area (Å²) in [5.41, 5.74) is 2.65. The van der Waals surface area contributed by atoms with Crippen LogP contribution in [0.15, 0.2) is 18.2 Å². The standard InChI is InChI=1S/C9H12N3/c1-3-11-8-4-5-9(12-10)7(2)6-8/h4-6,11H,3H2,1-2H3/q+1. The van der Waals surface area contributed by atoms with Crippen LogP contribution in [0, 0.1) is 12.3 Å². The summed E-state index contributed by atoms with van der Waals surface area (Å²) >= 11 is 0. The van der Waals surface area contributed by atoms with Gasteiger partial charge in [0.05, 0.1) is 0 Å². The number of nitrogens with one attached hydrogen (secondary N) is 1. The molecule has 0 heterocycles. The first-order chi connectivity index (χ1) is 5.77. The smallest absolute Gasteiger partial charge is 0.385 e. The molecule has 62 valence electrons. The molecule has 0 aliphatic heterocycles. The number of aryl methyl sites for hydroxylation is 1. The fourth-order valence-electron chi connectivity index (χ4n) is 1.08. The van der Waals surface area contributed by atoms with E-state index in [9.17, 15) is 0 Å². The van der Waals surface area contributed by atoms with Crippen molar-refractivity contribution in [2.45, 2.75) is 13.8 Å². The van der Waals surface area contributed by atoms with Crippen molar-refractivity contribution in [2.24, 2.45) is 0 Å². The molecule has 1 aromatic rings. The van der Waals surface area contributed by atoms with Gasteiger partial charge in [-0.05, 0) is 26.0 Å². The number of benzene rings is 1. The highest BCUT2D eigenvalue weighted by Crippen LogP contribution is 2.21. The maximum atomic E-state index is 8.54. The number of hydrogen-bond donors (Lipinski definition) is 1. The van der Waals surface area contributed by atoms with Crippen LogP contribution in [0.4, 0.5) is 11.4 Å². The molecule has 0 amide bonds. The molecule has 0 unspecified atom stereocenters. The van der Waals surface area contributed by atoms with Crippen LogP contribution in [-0.2, 0) is 0 Å². The first-order valence-corrected chi connectivity index (χ1v) is 3.97. The summed E-state index contributed by atoms with van der Waals surface area (Å²) in [7, 11) is 0. The van der Waals surface area contributed by atoms with E-state index in [2.05, 4.69) is 10.3 Å². The molecule has 0 saturated carbocycles. The van der Waals surface area contributed by atoms with Crippen molar-refractivity contribution in [3.05, 3.63) is 28.7 Å². The van der Waals surface area contributed by atoms with Gasteiger partial charge >= 0.3 is 5.69 Å². The summed E-state index contributed by atoms with van der Waals surface area (Å²) in [5.74, 6) is 0. The molecule has 0 aliphatic carbocycles. The maximum absolute atomic E-state index is 8.54. The SMILES string of the molecule is CCNc1ccc([N+]#N)c(C)c1. The largest absolute Gasteiger partial charge is 0.388 e. The van der Waals surface area contributed by atoms with Gasteiger partial charge in [-0.3, -0.25) is 0 Å². The third kappa shape index (κ3) is 1.73. The summed E-state index contributed by atoms with van der Waals surface area (Å²) in [6.07, 6.45) is 0. The third-order valence-electron chi connectivity index (χ3n) is 1.69. The zero-order valence-corrected chi connectivity index (χ0v) is 7.33. The molecule has 0 saturated heterocycles. The van der Waals surface area contributed by atoms with E-state index in [1.165, 1.54) is 0 Å². The Hall–Kier alpha value is -1.56. The fourth-order valence-corrected chi connectivity index (χ4v) is 1.08. The Morgan fingerprint density at radius 2 is 2.25 bits per heavy atom. The Balaban J connectivity index is 2.96. The van der Waals surface area contributed by atoms with Gasteiger partial charge in [0.2, 0.25) is 5.39 Å². The lowest BCUT2D eigenvalue weighted by molar-refractivity contribution is 1.21. The van der Waals surface area contributed by atoms with E-state index < -0.39 is 0 Å². The van der Waals surface area contributed by atoms with Gasteiger partial charge in [-0.15, -0.1) is 0 Å². The summed E-state index contributed by atoms with van der Waals surface area (Å²) in [6.45, 7) is 4.85. The fraction of sp³-hybridized carbons (Fsp3) is 0.333. The summed E-state index contributed by atoms with van der Waals surface area (Å²) in [6, 6.07) is 5.64. The molecule has 0 fully saturated rings. The second-order valence-electron chi connectivity index (χ2n) is 2.63. The lowest BCUT2D eigenvalue weighted by atomic mass is 10.2. The molecule has 0 aromatic heterocycles. The third-order valence-corrected chi connectivity index (χ3v) is 1.69. The van der Waals surface area contributed by atoms with Crippen LogP contribution in [0.3, 0.4) is 0 Å². The van der Waals surface area contributed by atoms with Crippen molar-refractivity contribution in [2.75, 3.05) is 11.9 Å². The Bertz CT molecular complexity index is 312. The van der Waals surface area contributed by atoms with E-state index in [0.717, 1.165) is 17.8 Å². The van der Waals surface area contributed by atoms with Crippen molar-refractivity contribution in [1.29, 1.82) is 5.39 Å². The minimum Gasteiger partial charge on any atom is -0.385 e. The molecule has 0 bridgehead atoms. The molecule has 1 aromatic carbocycles. The number of anilines is 1. The minimum atomic E-state index is 0.622. The number of nitrogens with zero attached hydrogens (tertiary/aromatic N) is 2. The predicted molar refractivity (Wildman–Crippen MR) is 50.1 cm³/mol. The van der Waals surface area contributed by atoms with Gasteiger partial charge in [0.25, 0.3) is 0 Å². The second-order valence-corrected chi connectivity index (χ2v) is 2.63. The van der Waals surface area contributed by atoms with Crippen molar-refractivity contribution < 1.29 is 0 Å². The quantitative estimate of drug-likeness (QED) is 0.679. The van der Waals surface area contributed by atoms with Crippen LogP contribution >= 0.6 is 0 Å². The monoisotopic (exact) mass is 162 g/mol. The van der Waals surface area contributed by atoms with Gasteiger partial charge in [-0.1, -0.05) is 0 Å². The Labute approximate surface area is 72.0 Å². The molecular formula is C9H12N3+. The summed E-state index contributed by atoms with van der Waals surface area (Å²) in [5, 5.41) is 11.7. The Kier molecular flexibility index (Phi) is 2.65. The topological polar surface area (TPSA) is 40.2 Å². The van der Waals surface area contributed by atoms with Crippen LogP contribution in [0.1, 0.15) is 12.5 Å². The van der Waals surface area contributed by atoms with Gasteiger partial charge in [0.1, 0.15) is 0 Å². The molecule has 0 radical (unpaired) electrons. The van der Waals surface area contributed by atoms with E-state index in [-0.39, 0.29) is 0 Å². The lowest BCUT2D eigenvalue weighted by Gasteiger charge is -2.00. The average Bonchev–Trinajstić information content (AvgIpc) is 2.05. The minimum absolute atomic E-state index is 0.622. The molecule has 1 N–H and O–H groups in total. The van der Waals surface area contributed by atoms with E-state index in [1.807, 2.05) is 26.0 Å². The molecule has 1 rings (SSSR count). The molecule has 3 nitrogen and oxygen atoms in total. The molecule has 0 spiro atoms. The summed E-state index contributed by atoms with van der Waals surface area (Å²) < 4.78 is 0. The molecule has 12 heavy (non-hydrogen) atoms. The highest BCUT2D eigenvalue weighted by Gasteiger charge is 2.08. The molecule has 3 heteroatoms. The van der Waals surface area contributed by atoms with Crippen molar-refractivity contribution in [3.63, 3.8) is 0 Å². The van der Waals surface area contributed by atoms with Gasteiger partial charge in [-0.25, -0.2) is 0 Å². The van der Waals surface area contributed by atoms with E-state index in [4.69, 9.17) is 5.39 Å². The number of diazo groups is 1. The molecular weight excluding hydrogens is 150 g/mol. The molecule has 0 atom stereocenters. The van der Waals surface area contributed by atoms with Gasteiger partial charge in [0.15, 0.2) is 4.98 Å². The van der Waals surface area contributed by atoms with Crippen LogP contribution in [-0.4, -0.2) is 6.54 Å². The first-order valence-electron chi connectivity index (χ1n) is 3.97. The number of hydrogen-bond acceptors (Lipinski definition) is 2. The Morgan fingerprint density at radius 3 is 2.75 bits per heavy atom. The predicted octanol–water partition coefficient (Wildman–Crippen LogP) is 2.91. The van der Waals surface area contributed by atoms with Crippen LogP contribution in [0.5, 0.6) is 0 Å². The van der Waals surface area contributed by atoms with Crippen LogP contribution in [0.2, 0.25) is 0 Å². The first kappa shape index (κ1) is 8.54. The second kappa shape index (κ2) is 3.72. The van der Waals surface area contributed by atoms with Gasteiger partial charge < -0.3 is 5.32 Å². The van der Waals surface area contributed by atoms with E-state index >= 15 is 0 Å². The van der Waals surface area contributed by atoms with Crippen molar-refractivity contribution >= 4 is 11.4 Å². The van der Waals surface area contributed by atoms with Crippen LogP contribution in [0.25, 0.3) is 4.98 Å². The highest BCUT2D eigenvalue weighted by molar-refractivity contribution is 5.59. The van der Waals surface area contributed by atoms with Crippen molar-refractivity contribution in [3.8, 4) is 0 Å². The van der Waals surface area contributed by atoms with Gasteiger partial charge in [-0.2, -0.15) is 0 Å². The lowest BCUT2D eigenvalue weighted by Crippen LogP contribution is -1.95. The normalized spacial score (nSPS) is 9.08. The van der Waals surface area contributed by atoms with Crippen molar-refractivity contribution in [1.82, 2.24) is 0 Å². The molecule has 0 aliphatic rings. The zero-order valence-electron chi connectivity index (χ0n) is 7.33. The maximum Gasteiger partial charge on any atom is 0.388 e. The average molecular weight is 162 g/mol. The Morgan fingerprint density at radius 1 is 1.50 bits per heavy atom. The van der Waals surface area contributed by atoms with E-state index in [0.29, 0.717) is 5.69 Å². The number of rotatable bonds is 2. The van der Waals surface area contributed by atoms with Crippen LogP contribution < -0.4 is 5.32 Å². The summed E-state index contributed by atoms with van der Waals surface area (Å²) in [4.78, 5) is 3.14. The highest BCUT2D eigenvalue weighted by atomic mass is 14.9.